The number of nitrogens with zero attached hydrogens (tertiary/aromatic N) is 2. The lowest BCUT2D eigenvalue weighted by atomic mass is 9.93. The minimum Gasteiger partial charge on any atom is -0.388 e. The van der Waals surface area contributed by atoms with E-state index in [2.05, 4.69) is 35.5 Å². The average molecular weight is 458 g/mol. The number of aliphatic hydroxyl groups is 1. The van der Waals surface area contributed by atoms with Crippen LogP contribution in [-0.4, -0.2) is 29.8 Å². The second-order valence-electron chi connectivity index (χ2n) is 6.08. The third-order valence-electron chi connectivity index (χ3n) is 3.86. The molecule has 0 unspecified atom stereocenters. The molecule has 140 valence electrons. The summed E-state index contributed by atoms with van der Waals surface area (Å²) in [4.78, 5) is 4.56. The molecule has 0 amide bonds. The van der Waals surface area contributed by atoms with Gasteiger partial charge in [0.25, 0.3) is 0 Å². The highest BCUT2D eigenvalue weighted by molar-refractivity contribution is 14.0. The van der Waals surface area contributed by atoms with Gasteiger partial charge in [-0.05, 0) is 37.5 Å². The van der Waals surface area contributed by atoms with E-state index >= 15 is 0 Å². The third kappa shape index (κ3) is 9.07. The van der Waals surface area contributed by atoms with Crippen LogP contribution in [0.5, 0.6) is 0 Å². The third-order valence-corrected chi connectivity index (χ3v) is 3.86. The van der Waals surface area contributed by atoms with Crippen LogP contribution in [0.15, 0.2) is 29.3 Å². The molecule has 0 radical (unpaired) electrons. The number of hydrogen-bond donors (Lipinski definition) is 3. The predicted octanol–water partition coefficient (Wildman–Crippen LogP) is 3.56. The van der Waals surface area contributed by atoms with Gasteiger partial charge in [0.2, 0.25) is 0 Å². The van der Waals surface area contributed by atoms with Crippen molar-refractivity contribution in [3.8, 4) is 6.07 Å². The summed E-state index contributed by atoms with van der Waals surface area (Å²) < 4.78 is 0. The molecule has 0 saturated heterocycles. The lowest BCUT2D eigenvalue weighted by Crippen LogP contribution is -2.47. The van der Waals surface area contributed by atoms with Crippen LogP contribution >= 0.6 is 24.0 Å². The van der Waals surface area contributed by atoms with Gasteiger partial charge in [0.1, 0.15) is 0 Å². The molecule has 0 aliphatic rings. The summed E-state index contributed by atoms with van der Waals surface area (Å²) in [7, 11) is 0. The maximum Gasteiger partial charge on any atom is 0.191 e. The quantitative estimate of drug-likeness (QED) is 0.300. The second-order valence-corrected chi connectivity index (χ2v) is 6.08. The Bertz CT molecular complexity index is 546. The fraction of sp³-hybridized carbons (Fsp3) is 0.579. The molecule has 0 aliphatic carbocycles. The van der Waals surface area contributed by atoms with Gasteiger partial charge in [-0.3, -0.25) is 0 Å². The molecule has 0 spiro atoms. The monoisotopic (exact) mass is 458 g/mol. The molecule has 1 aromatic carbocycles. The van der Waals surface area contributed by atoms with Crippen molar-refractivity contribution in [1.29, 1.82) is 5.26 Å². The van der Waals surface area contributed by atoms with Gasteiger partial charge in [0.05, 0.1) is 23.8 Å². The zero-order valence-electron chi connectivity index (χ0n) is 15.5. The van der Waals surface area contributed by atoms with Crippen molar-refractivity contribution in [2.75, 3.05) is 13.1 Å². The Hall–Kier alpha value is -1.33. The van der Waals surface area contributed by atoms with Gasteiger partial charge in [-0.1, -0.05) is 38.8 Å². The molecular formula is C19H31IN4O. The highest BCUT2D eigenvalue weighted by Crippen LogP contribution is 2.18. The lowest BCUT2D eigenvalue weighted by Gasteiger charge is -2.28. The molecule has 0 atom stereocenters. The van der Waals surface area contributed by atoms with E-state index in [1.54, 1.807) is 12.1 Å². The number of rotatable bonds is 9. The van der Waals surface area contributed by atoms with Gasteiger partial charge in [-0.25, -0.2) is 4.99 Å². The van der Waals surface area contributed by atoms with E-state index in [1.807, 2.05) is 19.1 Å². The molecule has 1 aromatic rings. The first-order valence-electron chi connectivity index (χ1n) is 8.80. The summed E-state index contributed by atoms with van der Waals surface area (Å²) in [6, 6.07) is 9.53. The van der Waals surface area contributed by atoms with Gasteiger partial charge in [0.15, 0.2) is 5.96 Å². The first-order chi connectivity index (χ1) is 11.6. The number of aliphatic imine (C=N–C) groups is 1. The Morgan fingerprint density at radius 2 is 1.72 bits per heavy atom. The van der Waals surface area contributed by atoms with Crippen molar-refractivity contribution >= 4 is 29.9 Å². The number of guanidine groups is 1. The highest BCUT2D eigenvalue weighted by atomic mass is 127. The summed E-state index contributed by atoms with van der Waals surface area (Å²) >= 11 is 0. The SMILES string of the molecule is CCCC(O)(CCC)CNC(=NCc1ccc(C#N)cc1)NCC.I. The maximum absolute atomic E-state index is 10.7. The fourth-order valence-electron chi connectivity index (χ4n) is 2.68. The molecule has 0 aromatic heterocycles. The number of halogens is 1. The van der Waals surface area contributed by atoms with E-state index in [0.29, 0.717) is 24.6 Å². The minimum atomic E-state index is -0.686. The Labute approximate surface area is 169 Å². The molecule has 1 rings (SSSR count). The summed E-state index contributed by atoms with van der Waals surface area (Å²) in [5.41, 5.74) is 1.01. The molecule has 0 saturated carbocycles. The van der Waals surface area contributed by atoms with Crippen molar-refractivity contribution in [3.05, 3.63) is 35.4 Å². The Morgan fingerprint density at radius 1 is 1.12 bits per heavy atom. The van der Waals surface area contributed by atoms with Crippen LogP contribution in [0.25, 0.3) is 0 Å². The largest absolute Gasteiger partial charge is 0.388 e. The van der Waals surface area contributed by atoms with Crippen LogP contribution in [0.2, 0.25) is 0 Å². The van der Waals surface area contributed by atoms with Gasteiger partial charge in [0, 0.05) is 13.1 Å². The minimum absolute atomic E-state index is 0. The van der Waals surface area contributed by atoms with E-state index in [1.165, 1.54) is 0 Å². The molecule has 3 N–H and O–H groups in total. The molecule has 0 fully saturated rings. The first kappa shape index (κ1) is 23.7. The van der Waals surface area contributed by atoms with Gasteiger partial charge < -0.3 is 15.7 Å². The average Bonchev–Trinajstić information content (AvgIpc) is 2.58. The molecule has 25 heavy (non-hydrogen) atoms. The van der Waals surface area contributed by atoms with Gasteiger partial charge in [-0.15, -0.1) is 24.0 Å². The van der Waals surface area contributed by atoms with Crippen molar-refractivity contribution in [1.82, 2.24) is 10.6 Å². The van der Waals surface area contributed by atoms with Gasteiger partial charge >= 0.3 is 0 Å². The number of nitrogens with one attached hydrogen (secondary N) is 2. The fourth-order valence-corrected chi connectivity index (χ4v) is 2.68. The Kier molecular flexibility index (Phi) is 12.3. The zero-order chi connectivity index (χ0) is 17.8. The summed E-state index contributed by atoms with van der Waals surface area (Å²) in [6.45, 7) is 7.98. The topological polar surface area (TPSA) is 80.4 Å². The second kappa shape index (κ2) is 13.0. The molecule has 0 heterocycles. The van der Waals surface area contributed by atoms with Crippen molar-refractivity contribution in [3.63, 3.8) is 0 Å². The Balaban J connectivity index is 0.00000576. The zero-order valence-corrected chi connectivity index (χ0v) is 17.8. The van der Waals surface area contributed by atoms with Crippen LogP contribution in [-0.2, 0) is 6.54 Å². The van der Waals surface area contributed by atoms with E-state index in [0.717, 1.165) is 37.8 Å². The standard InChI is InChI=1S/C19H30N4O.HI/c1-4-11-19(24,12-5-2)15-23-18(21-6-3)22-14-17-9-7-16(13-20)8-10-17;/h7-10,24H,4-6,11-12,14-15H2,1-3H3,(H2,21,22,23);1H. The molecular weight excluding hydrogens is 427 g/mol. The molecule has 6 heteroatoms. The van der Waals surface area contributed by atoms with Gasteiger partial charge in [-0.2, -0.15) is 5.26 Å². The van der Waals surface area contributed by atoms with Crippen LogP contribution in [0.3, 0.4) is 0 Å². The normalized spacial score (nSPS) is 11.4. The van der Waals surface area contributed by atoms with E-state index in [9.17, 15) is 5.11 Å². The summed E-state index contributed by atoms with van der Waals surface area (Å²) in [5, 5.41) is 26.0. The highest BCUT2D eigenvalue weighted by Gasteiger charge is 2.24. The van der Waals surface area contributed by atoms with E-state index in [4.69, 9.17) is 5.26 Å². The maximum atomic E-state index is 10.7. The van der Waals surface area contributed by atoms with Crippen LogP contribution in [0, 0.1) is 11.3 Å². The van der Waals surface area contributed by atoms with E-state index in [-0.39, 0.29) is 24.0 Å². The lowest BCUT2D eigenvalue weighted by molar-refractivity contribution is 0.0257. The smallest absolute Gasteiger partial charge is 0.191 e. The summed E-state index contributed by atoms with van der Waals surface area (Å²) in [6.07, 6.45) is 3.47. The molecule has 0 bridgehead atoms. The number of nitriles is 1. The molecule has 5 nitrogen and oxygen atoms in total. The van der Waals surface area contributed by atoms with Crippen LogP contribution in [0.4, 0.5) is 0 Å². The number of hydrogen-bond acceptors (Lipinski definition) is 3. The Morgan fingerprint density at radius 3 is 2.20 bits per heavy atom. The first-order valence-corrected chi connectivity index (χ1v) is 8.80. The predicted molar refractivity (Wildman–Crippen MR) is 114 cm³/mol. The van der Waals surface area contributed by atoms with Crippen LogP contribution < -0.4 is 10.6 Å². The number of benzene rings is 1. The van der Waals surface area contributed by atoms with Crippen molar-refractivity contribution in [2.45, 2.75) is 58.6 Å². The molecule has 0 aliphatic heterocycles. The van der Waals surface area contributed by atoms with Crippen LogP contribution in [0.1, 0.15) is 57.6 Å². The summed E-state index contributed by atoms with van der Waals surface area (Å²) in [5.74, 6) is 0.701. The van der Waals surface area contributed by atoms with Crippen molar-refractivity contribution < 1.29 is 5.11 Å². The van der Waals surface area contributed by atoms with Crippen molar-refractivity contribution in [2.24, 2.45) is 4.99 Å². The van der Waals surface area contributed by atoms with E-state index < -0.39 is 5.60 Å².